The minimum Gasteiger partial charge on any atom is -0.352 e. The summed E-state index contributed by atoms with van der Waals surface area (Å²) in [7, 11) is -4.06. The van der Waals surface area contributed by atoms with Crippen LogP contribution in [0.4, 0.5) is 5.69 Å². The summed E-state index contributed by atoms with van der Waals surface area (Å²) >= 11 is 2.15. The first-order chi connectivity index (χ1) is 18.7. The van der Waals surface area contributed by atoms with Crippen molar-refractivity contribution in [3.8, 4) is 0 Å². The molecule has 0 aliphatic heterocycles. The minimum absolute atomic E-state index is 0.0422. The summed E-state index contributed by atoms with van der Waals surface area (Å²) in [6.45, 7) is 5.62. The molecule has 0 saturated carbocycles. The van der Waals surface area contributed by atoms with Crippen LogP contribution in [-0.4, -0.2) is 50.3 Å². The van der Waals surface area contributed by atoms with Gasteiger partial charge in [-0.25, -0.2) is 8.42 Å². The van der Waals surface area contributed by atoms with E-state index >= 15 is 0 Å². The van der Waals surface area contributed by atoms with Crippen LogP contribution < -0.4 is 9.62 Å². The van der Waals surface area contributed by atoms with Gasteiger partial charge in [-0.3, -0.25) is 13.9 Å². The molecule has 3 aromatic rings. The number of hydrogen-bond acceptors (Lipinski definition) is 4. The number of benzene rings is 3. The van der Waals surface area contributed by atoms with Crippen molar-refractivity contribution in [2.45, 2.75) is 57.0 Å². The first-order valence-electron chi connectivity index (χ1n) is 13.1. The highest BCUT2D eigenvalue weighted by Crippen LogP contribution is 2.25. The molecule has 0 fully saturated rings. The summed E-state index contributed by atoms with van der Waals surface area (Å²) in [5.74, 6) is -0.671. The molecular weight excluding hydrogens is 625 g/mol. The molecule has 0 aliphatic rings. The highest BCUT2D eigenvalue weighted by atomic mass is 127. The maximum Gasteiger partial charge on any atom is 0.264 e. The van der Waals surface area contributed by atoms with Gasteiger partial charge < -0.3 is 10.2 Å². The van der Waals surface area contributed by atoms with Crippen LogP contribution in [0.2, 0.25) is 0 Å². The standard InChI is InChI=1S/C30H36IN3O4S/c1-4-23(3)32-30(36)28(5-2)33(21-20-24-12-8-6-9-13-24)29(35)22-34(26-18-16-25(31)17-19-26)39(37,38)27-14-10-7-11-15-27/h6-19,23,28H,4-5,20-22H2,1-3H3,(H,32,36)/t23-,28-/m1/s1. The lowest BCUT2D eigenvalue weighted by Gasteiger charge is -2.33. The normalized spacial score (nSPS) is 12.8. The Kier molecular flexibility index (Phi) is 11.4. The Hall–Kier alpha value is -2.92. The van der Waals surface area contributed by atoms with Crippen molar-refractivity contribution < 1.29 is 18.0 Å². The van der Waals surface area contributed by atoms with Crippen molar-refractivity contribution in [3.63, 3.8) is 0 Å². The number of carbonyl (C=O) groups excluding carboxylic acids is 2. The lowest BCUT2D eigenvalue weighted by molar-refractivity contribution is -0.139. The van der Waals surface area contributed by atoms with Gasteiger partial charge in [0.1, 0.15) is 12.6 Å². The summed E-state index contributed by atoms with van der Waals surface area (Å²) in [4.78, 5) is 28.9. The van der Waals surface area contributed by atoms with Gasteiger partial charge in [0.25, 0.3) is 10.0 Å². The molecule has 9 heteroatoms. The summed E-state index contributed by atoms with van der Waals surface area (Å²) < 4.78 is 29.6. The van der Waals surface area contributed by atoms with E-state index in [9.17, 15) is 18.0 Å². The fourth-order valence-corrected chi connectivity index (χ4v) is 5.99. The number of nitrogens with zero attached hydrogens (tertiary/aromatic N) is 2. The molecule has 208 valence electrons. The van der Waals surface area contributed by atoms with E-state index in [1.165, 1.54) is 17.0 Å². The van der Waals surface area contributed by atoms with E-state index in [4.69, 9.17) is 0 Å². The fourth-order valence-electron chi connectivity index (χ4n) is 4.19. The molecule has 2 amide bonds. The first kappa shape index (κ1) is 30.6. The molecule has 0 saturated heterocycles. The molecule has 0 aromatic heterocycles. The molecule has 2 atom stereocenters. The van der Waals surface area contributed by atoms with Crippen LogP contribution in [0, 0.1) is 3.57 Å². The predicted octanol–water partition coefficient (Wildman–Crippen LogP) is 5.25. The number of sulfonamides is 1. The molecule has 1 N–H and O–H groups in total. The third-order valence-corrected chi connectivity index (χ3v) is 9.10. The maximum absolute atomic E-state index is 14.0. The van der Waals surface area contributed by atoms with E-state index in [1.807, 2.05) is 51.1 Å². The second-order valence-electron chi connectivity index (χ2n) is 9.37. The average molecular weight is 662 g/mol. The van der Waals surface area contributed by atoms with Crippen LogP contribution in [0.3, 0.4) is 0 Å². The van der Waals surface area contributed by atoms with Gasteiger partial charge in [-0.2, -0.15) is 0 Å². The number of amides is 2. The predicted molar refractivity (Wildman–Crippen MR) is 164 cm³/mol. The molecule has 0 unspecified atom stereocenters. The van der Waals surface area contributed by atoms with Crippen LogP contribution >= 0.6 is 22.6 Å². The van der Waals surface area contributed by atoms with Gasteiger partial charge in [0.15, 0.2) is 0 Å². The highest BCUT2D eigenvalue weighted by molar-refractivity contribution is 14.1. The number of carbonyl (C=O) groups is 2. The van der Waals surface area contributed by atoms with Crippen LogP contribution in [0.1, 0.15) is 39.2 Å². The Bertz CT molecular complexity index is 1320. The molecule has 3 aromatic carbocycles. The molecular formula is C30H36IN3O4S. The Morgan fingerprint density at radius 3 is 2.03 bits per heavy atom. The van der Waals surface area contributed by atoms with Crippen molar-refractivity contribution in [3.05, 3.63) is 94.1 Å². The number of nitrogens with one attached hydrogen (secondary N) is 1. The van der Waals surface area contributed by atoms with E-state index in [0.29, 0.717) is 18.5 Å². The third-order valence-electron chi connectivity index (χ3n) is 6.60. The third kappa shape index (κ3) is 8.28. The Balaban J connectivity index is 1.99. The van der Waals surface area contributed by atoms with Gasteiger partial charge >= 0.3 is 0 Å². The van der Waals surface area contributed by atoms with Crippen LogP contribution in [0.15, 0.2) is 89.8 Å². The average Bonchev–Trinajstić information content (AvgIpc) is 2.95. The van der Waals surface area contributed by atoms with E-state index in [0.717, 1.165) is 19.9 Å². The van der Waals surface area contributed by atoms with Gasteiger partial charge in [0.2, 0.25) is 11.8 Å². The Labute approximate surface area is 245 Å². The highest BCUT2D eigenvalue weighted by Gasteiger charge is 2.33. The lowest BCUT2D eigenvalue weighted by atomic mass is 10.1. The molecule has 0 heterocycles. The van der Waals surface area contributed by atoms with Crippen molar-refractivity contribution in [2.75, 3.05) is 17.4 Å². The zero-order valence-electron chi connectivity index (χ0n) is 22.6. The van der Waals surface area contributed by atoms with Crippen molar-refractivity contribution in [2.24, 2.45) is 0 Å². The fraction of sp³-hybridized carbons (Fsp3) is 0.333. The topological polar surface area (TPSA) is 86.8 Å². The molecule has 7 nitrogen and oxygen atoms in total. The number of rotatable bonds is 13. The second kappa shape index (κ2) is 14.5. The molecule has 0 spiro atoms. The summed E-state index contributed by atoms with van der Waals surface area (Å²) in [5, 5.41) is 3.00. The zero-order chi connectivity index (χ0) is 28.4. The van der Waals surface area contributed by atoms with Crippen LogP contribution in [0.25, 0.3) is 0 Å². The van der Waals surface area contributed by atoms with E-state index in [2.05, 4.69) is 27.9 Å². The SMILES string of the molecule is CC[C@@H](C)NC(=O)[C@@H](CC)N(CCc1ccccc1)C(=O)CN(c1ccc(I)cc1)S(=O)(=O)c1ccccc1. The van der Waals surface area contributed by atoms with Gasteiger partial charge in [-0.05, 0) is 90.7 Å². The van der Waals surface area contributed by atoms with Crippen molar-refractivity contribution in [1.29, 1.82) is 0 Å². The zero-order valence-corrected chi connectivity index (χ0v) is 25.6. The quantitative estimate of drug-likeness (QED) is 0.254. The molecule has 0 radical (unpaired) electrons. The van der Waals surface area contributed by atoms with Gasteiger partial charge in [-0.1, -0.05) is 62.4 Å². The van der Waals surface area contributed by atoms with E-state index in [-0.39, 0.29) is 23.4 Å². The monoisotopic (exact) mass is 661 g/mol. The molecule has 0 aliphatic carbocycles. The van der Waals surface area contributed by atoms with E-state index in [1.54, 1.807) is 42.5 Å². The number of halogens is 1. The summed E-state index contributed by atoms with van der Waals surface area (Å²) in [6, 6.07) is 24.0. The lowest BCUT2D eigenvalue weighted by Crippen LogP contribution is -2.54. The molecule has 0 bridgehead atoms. The smallest absolute Gasteiger partial charge is 0.264 e. The molecule has 3 rings (SSSR count). The number of hydrogen-bond donors (Lipinski definition) is 1. The van der Waals surface area contributed by atoms with Gasteiger partial charge in [0.05, 0.1) is 10.6 Å². The van der Waals surface area contributed by atoms with Gasteiger partial charge in [0, 0.05) is 16.2 Å². The van der Waals surface area contributed by atoms with Crippen LogP contribution in [-0.2, 0) is 26.0 Å². The van der Waals surface area contributed by atoms with Crippen molar-refractivity contribution >= 4 is 50.1 Å². The summed E-state index contributed by atoms with van der Waals surface area (Å²) in [5.41, 5.74) is 1.41. The van der Waals surface area contributed by atoms with Crippen LogP contribution in [0.5, 0.6) is 0 Å². The van der Waals surface area contributed by atoms with E-state index < -0.39 is 28.5 Å². The minimum atomic E-state index is -4.06. The second-order valence-corrected chi connectivity index (χ2v) is 12.5. The Morgan fingerprint density at radius 2 is 1.46 bits per heavy atom. The Morgan fingerprint density at radius 1 is 0.872 bits per heavy atom. The largest absolute Gasteiger partial charge is 0.352 e. The summed E-state index contributed by atoms with van der Waals surface area (Å²) in [6.07, 6.45) is 1.70. The molecule has 39 heavy (non-hydrogen) atoms. The van der Waals surface area contributed by atoms with Gasteiger partial charge in [-0.15, -0.1) is 0 Å². The van der Waals surface area contributed by atoms with Crippen molar-refractivity contribution in [1.82, 2.24) is 10.2 Å². The maximum atomic E-state index is 14.0. The first-order valence-corrected chi connectivity index (χ1v) is 15.7. The number of anilines is 1.